The molecular formula is C19H14N4O. The van der Waals surface area contributed by atoms with Gasteiger partial charge >= 0.3 is 0 Å². The summed E-state index contributed by atoms with van der Waals surface area (Å²) in [5.41, 5.74) is 4.43. The first-order chi connectivity index (χ1) is 11.9. The van der Waals surface area contributed by atoms with Crippen LogP contribution in [0.1, 0.15) is 5.56 Å². The molecule has 0 fully saturated rings. The maximum Gasteiger partial charge on any atom is 0.227 e. The molecule has 4 aromatic rings. The lowest BCUT2D eigenvalue weighted by Crippen LogP contribution is -1.80. The lowest BCUT2D eigenvalue weighted by atomic mass is 10.2. The molecule has 5 heteroatoms. The van der Waals surface area contributed by atoms with E-state index in [9.17, 15) is 0 Å². The Morgan fingerprint density at radius 3 is 2.46 bits per heavy atom. The number of fused-ring (bicyclic) bond motifs is 1. The molecular weight excluding hydrogens is 300 g/mol. The Hall–Kier alpha value is -3.34. The first-order valence-electron chi connectivity index (χ1n) is 7.61. The summed E-state index contributed by atoms with van der Waals surface area (Å²) in [6.07, 6.45) is 3.50. The number of nitrogens with zero attached hydrogens (tertiary/aromatic N) is 4. The van der Waals surface area contributed by atoms with Crippen LogP contribution in [0.25, 0.3) is 22.6 Å². The number of azo groups is 1. The Kier molecular flexibility index (Phi) is 3.81. The van der Waals surface area contributed by atoms with Gasteiger partial charge in [-0.05, 0) is 54.1 Å². The van der Waals surface area contributed by atoms with Crippen molar-refractivity contribution in [3.05, 3.63) is 78.6 Å². The van der Waals surface area contributed by atoms with Gasteiger partial charge in [0.1, 0.15) is 5.52 Å². The van der Waals surface area contributed by atoms with E-state index in [4.69, 9.17) is 4.42 Å². The van der Waals surface area contributed by atoms with Gasteiger partial charge in [0, 0.05) is 18.0 Å². The first kappa shape index (κ1) is 14.3. The van der Waals surface area contributed by atoms with Gasteiger partial charge in [0.15, 0.2) is 5.58 Å². The molecule has 0 aliphatic heterocycles. The van der Waals surface area contributed by atoms with Crippen LogP contribution >= 0.6 is 0 Å². The number of hydrogen-bond donors (Lipinski definition) is 0. The monoisotopic (exact) mass is 314 g/mol. The summed E-state index contributed by atoms with van der Waals surface area (Å²) in [5, 5.41) is 8.44. The van der Waals surface area contributed by atoms with Crippen LogP contribution < -0.4 is 0 Å². The SMILES string of the molecule is c1ccc2oc(-c3ccc(N=NCc4ccncc4)cc3)nc2c1. The topological polar surface area (TPSA) is 63.6 Å². The van der Waals surface area contributed by atoms with Crippen LogP contribution in [0.15, 0.2) is 87.7 Å². The van der Waals surface area contributed by atoms with Crippen LogP contribution in [0.3, 0.4) is 0 Å². The average molecular weight is 314 g/mol. The summed E-state index contributed by atoms with van der Waals surface area (Å²) >= 11 is 0. The molecule has 0 aliphatic rings. The van der Waals surface area contributed by atoms with E-state index in [0.717, 1.165) is 27.9 Å². The standard InChI is InChI=1S/C19H14N4O/c1-2-4-18-17(3-1)22-19(24-18)15-5-7-16(8-6-15)23-21-13-14-9-11-20-12-10-14/h1-12H,13H2. The van der Waals surface area contributed by atoms with Crippen LogP contribution in [0.2, 0.25) is 0 Å². The fraction of sp³-hybridized carbons (Fsp3) is 0.0526. The zero-order chi connectivity index (χ0) is 16.2. The smallest absolute Gasteiger partial charge is 0.227 e. The minimum absolute atomic E-state index is 0.537. The third-order valence-electron chi connectivity index (χ3n) is 3.60. The second-order valence-electron chi connectivity index (χ2n) is 5.29. The third-order valence-corrected chi connectivity index (χ3v) is 3.60. The first-order valence-corrected chi connectivity index (χ1v) is 7.61. The van der Waals surface area contributed by atoms with E-state index in [1.807, 2.05) is 60.7 Å². The largest absolute Gasteiger partial charge is 0.436 e. The average Bonchev–Trinajstić information content (AvgIpc) is 3.07. The van der Waals surface area contributed by atoms with Gasteiger partial charge in [0.05, 0.1) is 12.2 Å². The zero-order valence-corrected chi connectivity index (χ0v) is 12.8. The highest BCUT2D eigenvalue weighted by Gasteiger charge is 2.07. The van der Waals surface area contributed by atoms with Crippen molar-refractivity contribution >= 4 is 16.8 Å². The van der Waals surface area contributed by atoms with Crippen molar-refractivity contribution in [3.8, 4) is 11.5 Å². The van der Waals surface area contributed by atoms with Gasteiger partial charge in [-0.2, -0.15) is 10.2 Å². The molecule has 0 radical (unpaired) electrons. The minimum atomic E-state index is 0.537. The Bertz CT molecular complexity index is 942. The Balaban J connectivity index is 1.50. The summed E-state index contributed by atoms with van der Waals surface area (Å²) in [5.74, 6) is 0.608. The zero-order valence-electron chi connectivity index (χ0n) is 12.8. The Morgan fingerprint density at radius 1 is 0.875 bits per heavy atom. The maximum atomic E-state index is 5.76. The van der Waals surface area contributed by atoms with Gasteiger partial charge < -0.3 is 4.42 Å². The molecule has 0 saturated heterocycles. The van der Waals surface area contributed by atoms with Gasteiger partial charge in [-0.1, -0.05) is 12.1 Å². The van der Waals surface area contributed by atoms with Crippen LogP contribution in [-0.4, -0.2) is 9.97 Å². The normalized spacial score (nSPS) is 11.3. The molecule has 0 spiro atoms. The van der Waals surface area contributed by atoms with E-state index in [1.165, 1.54) is 0 Å². The van der Waals surface area contributed by atoms with Crippen molar-refractivity contribution in [2.75, 3.05) is 0 Å². The van der Waals surface area contributed by atoms with E-state index in [-0.39, 0.29) is 0 Å². The highest BCUT2D eigenvalue weighted by atomic mass is 16.3. The van der Waals surface area contributed by atoms with E-state index in [2.05, 4.69) is 20.2 Å². The van der Waals surface area contributed by atoms with Crippen LogP contribution in [0.5, 0.6) is 0 Å². The molecule has 0 amide bonds. The quantitative estimate of drug-likeness (QED) is 0.488. The molecule has 0 bridgehead atoms. The minimum Gasteiger partial charge on any atom is -0.436 e. The molecule has 5 nitrogen and oxygen atoms in total. The predicted octanol–water partition coefficient (Wildman–Crippen LogP) is 5.17. The van der Waals surface area contributed by atoms with Gasteiger partial charge in [-0.3, -0.25) is 4.98 Å². The highest BCUT2D eigenvalue weighted by molar-refractivity contribution is 5.76. The van der Waals surface area contributed by atoms with Gasteiger partial charge in [0.2, 0.25) is 5.89 Å². The second kappa shape index (κ2) is 6.42. The summed E-state index contributed by atoms with van der Waals surface area (Å²) in [4.78, 5) is 8.47. The molecule has 116 valence electrons. The van der Waals surface area contributed by atoms with Crippen molar-refractivity contribution in [1.82, 2.24) is 9.97 Å². The molecule has 0 saturated carbocycles. The summed E-state index contributed by atoms with van der Waals surface area (Å²) in [6, 6.07) is 19.3. The lowest BCUT2D eigenvalue weighted by molar-refractivity contribution is 0.620. The number of pyridine rings is 1. The molecule has 4 rings (SSSR count). The second-order valence-corrected chi connectivity index (χ2v) is 5.29. The lowest BCUT2D eigenvalue weighted by Gasteiger charge is -1.97. The molecule has 24 heavy (non-hydrogen) atoms. The number of oxazole rings is 1. The van der Waals surface area contributed by atoms with Crippen LogP contribution in [0, 0.1) is 0 Å². The molecule has 0 aliphatic carbocycles. The third kappa shape index (κ3) is 3.05. The van der Waals surface area contributed by atoms with Crippen molar-refractivity contribution in [3.63, 3.8) is 0 Å². The van der Waals surface area contributed by atoms with E-state index >= 15 is 0 Å². The van der Waals surface area contributed by atoms with E-state index in [1.54, 1.807) is 12.4 Å². The van der Waals surface area contributed by atoms with Crippen LogP contribution in [-0.2, 0) is 6.54 Å². The number of aromatic nitrogens is 2. The summed E-state index contributed by atoms with van der Waals surface area (Å²) in [6.45, 7) is 0.537. The van der Waals surface area contributed by atoms with E-state index < -0.39 is 0 Å². The van der Waals surface area contributed by atoms with Crippen LogP contribution in [0.4, 0.5) is 5.69 Å². The fourth-order valence-corrected chi connectivity index (χ4v) is 2.35. The Morgan fingerprint density at radius 2 is 1.67 bits per heavy atom. The van der Waals surface area contributed by atoms with Gasteiger partial charge in [0.25, 0.3) is 0 Å². The van der Waals surface area contributed by atoms with E-state index in [0.29, 0.717) is 12.4 Å². The number of rotatable bonds is 4. The van der Waals surface area contributed by atoms with Crippen molar-refractivity contribution in [2.24, 2.45) is 10.2 Å². The number of hydrogen-bond acceptors (Lipinski definition) is 5. The van der Waals surface area contributed by atoms with Gasteiger partial charge in [-0.15, -0.1) is 0 Å². The van der Waals surface area contributed by atoms with Gasteiger partial charge in [-0.25, -0.2) is 4.98 Å². The van der Waals surface area contributed by atoms with Crippen molar-refractivity contribution in [2.45, 2.75) is 6.54 Å². The Labute approximate surface area is 138 Å². The molecule has 0 atom stereocenters. The summed E-state index contributed by atoms with van der Waals surface area (Å²) in [7, 11) is 0. The summed E-state index contributed by atoms with van der Waals surface area (Å²) < 4.78 is 5.76. The maximum absolute atomic E-state index is 5.76. The number of benzene rings is 2. The molecule has 0 unspecified atom stereocenters. The molecule has 2 heterocycles. The predicted molar refractivity (Wildman–Crippen MR) is 91.9 cm³/mol. The molecule has 0 N–H and O–H groups in total. The van der Waals surface area contributed by atoms with Crippen molar-refractivity contribution < 1.29 is 4.42 Å². The fourth-order valence-electron chi connectivity index (χ4n) is 2.35. The number of para-hydroxylation sites is 2. The molecule has 2 aromatic carbocycles. The molecule has 2 aromatic heterocycles. The highest BCUT2D eigenvalue weighted by Crippen LogP contribution is 2.26. The van der Waals surface area contributed by atoms with Crippen molar-refractivity contribution in [1.29, 1.82) is 0 Å².